The van der Waals surface area contributed by atoms with Gasteiger partial charge in [0.15, 0.2) is 0 Å². The lowest BCUT2D eigenvalue weighted by Gasteiger charge is -2.11. The van der Waals surface area contributed by atoms with Gasteiger partial charge in [-0.05, 0) is 25.0 Å². The molecule has 1 heterocycles. The van der Waals surface area contributed by atoms with E-state index in [0.29, 0.717) is 0 Å². The molecule has 1 aliphatic carbocycles. The number of alkyl halides is 3. The number of hydrogen-bond acceptors (Lipinski definition) is 4. The van der Waals surface area contributed by atoms with E-state index in [0.717, 1.165) is 25.0 Å². The third kappa shape index (κ3) is 4.29. The summed E-state index contributed by atoms with van der Waals surface area (Å²) in [7, 11) is 0. The van der Waals surface area contributed by atoms with Crippen molar-refractivity contribution in [1.29, 1.82) is 0 Å². The molecule has 1 aliphatic rings. The summed E-state index contributed by atoms with van der Waals surface area (Å²) in [5.41, 5.74) is 4.47. The number of nitrogens with two attached hydrogens (primary N) is 1. The second-order valence-electron chi connectivity index (χ2n) is 4.68. The molecule has 2 rings (SSSR count). The summed E-state index contributed by atoms with van der Waals surface area (Å²) >= 11 is 0. The van der Waals surface area contributed by atoms with Crippen LogP contribution in [0.1, 0.15) is 24.8 Å². The Labute approximate surface area is 113 Å². The van der Waals surface area contributed by atoms with E-state index in [-0.39, 0.29) is 36.6 Å². The van der Waals surface area contributed by atoms with E-state index in [1.54, 1.807) is 0 Å². The minimum Gasteiger partial charge on any atom is -0.384 e. The Morgan fingerprint density at radius 1 is 1.40 bits per heavy atom. The van der Waals surface area contributed by atoms with Crippen LogP contribution in [0.4, 0.5) is 24.8 Å². The van der Waals surface area contributed by atoms with Gasteiger partial charge in [-0.15, -0.1) is 0 Å². The number of hydrogen-bond donors (Lipinski definition) is 3. The number of carbonyl (C=O) groups is 1. The molecule has 1 aromatic rings. The highest BCUT2D eigenvalue weighted by atomic mass is 19.4. The molecule has 0 bridgehead atoms. The van der Waals surface area contributed by atoms with Crippen molar-refractivity contribution in [2.75, 3.05) is 17.6 Å². The standard InChI is InChI=1S/C12H15F3N4O/c13-12(14,15)7-5-9(16)19-10(6-7)17-4-3-11(20)18-8-1-2-8/h5-6,8H,1-4H2,(H,18,20)(H3,16,17,19). The highest BCUT2D eigenvalue weighted by Crippen LogP contribution is 2.31. The summed E-state index contributed by atoms with van der Waals surface area (Å²) in [4.78, 5) is 15.2. The maximum atomic E-state index is 12.6. The molecule has 1 saturated carbocycles. The van der Waals surface area contributed by atoms with Crippen LogP contribution in [-0.4, -0.2) is 23.5 Å². The largest absolute Gasteiger partial charge is 0.416 e. The summed E-state index contributed by atoms with van der Waals surface area (Å²) in [6.07, 6.45) is -2.32. The Balaban J connectivity index is 1.88. The van der Waals surface area contributed by atoms with Crippen molar-refractivity contribution in [3.8, 4) is 0 Å². The van der Waals surface area contributed by atoms with Gasteiger partial charge in [0.2, 0.25) is 5.91 Å². The number of nitrogens with one attached hydrogen (secondary N) is 2. The highest BCUT2D eigenvalue weighted by molar-refractivity contribution is 5.77. The molecule has 5 nitrogen and oxygen atoms in total. The monoisotopic (exact) mass is 288 g/mol. The van der Waals surface area contributed by atoms with Gasteiger partial charge in [0.25, 0.3) is 0 Å². The van der Waals surface area contributed by atoms with E-state index in [4.69, 9.17) is 5.73 Å². The third-order valence-corrected chi connectivity index (χ3v) is 2.77. The lowest BCUT2D eigenvalue weighted by atomic mass is 10.2. The molecule has 4 N–H and O–H groups in total. The summed E-state index contributed by atoms with van der Waals surface area (Å²) < 4.78 is 37.7. The number of nitrogens with zero attached hydrogens (tertiary/aromatic N) is 1. The third-order valence-electron chi connectivity index (χ3n) is 2.77. The summed E-state index contributed by atoms with van der Waals surface area (Å²) in [5.74, 6) is -0.332. The summed E-state index contributed by atoms with van der Waals surface area (Å²) in [5, 5.41) is 5.45. The molecule has 0 saturated heterocycles. The molecular formula is C12H15F3N4O. The Bertz CT molecular complexity index is 500. The van der Waals surface area contributed by atoms with Crippen molar-refractivity contribution in [3.05, 3.63) is 17.7 Å². The van der Waals surface area contributed by atoms with Gasteiger partial charge in [-0.1, -0.05) is 0 Å². The van der Waals surface area contributed by atoms with Crippen LogP contribution in [0.15, 0.2) is 12.1 Å². The molecule has 8 heteroatoms. The topological polar surface area (TPSA) is 80.0 Å². The minimum absolute atomic E-state index is 0.0107. The predicted molar refractivity (Wildman–Crippen MR) is 67.9 cm³/mol. The lowest BCUT2D eigenvalue weighted by molar-refractivity contribution is -0.137. The highest BCUT2D eigenvalue weighted by Gasteiger charge is 2.31. The van der Waals surface area contributed by atoms with Gasteiger partial charge < -0.3 is 16.4 Å². The molecule has 1 fully saturated rings. The van der Waals surface area contributed by atoms with Gasteiger partial charge in [-0.25, -0.2) is 4.98 Å². The number of pyridine rings is 1. The zero-order valence-electron chi connectivity index (χ0n) is 10.6. The number of carbonyl (C=O) groups excluding carboxylic acids is 1. The fourth-order valence-electron chi connectivity index (χ4n) is 1.64. The van der Waals surface area contributed by atoms with E-state index in [2.05, 4.69) is 15.6 Å². The number of anilines is 2. The van der Waals surface area contributed by atoms with Gasteiger partial charge >= 0.3 is 6.18 Å². The van der Waals surface area contributed by atoms with Gasteiger partial charge in [0.1, 0.15) is 11.6 Å². The number of halogens is 3. The van der Waals surface area contributed by atoms with Crippen molar-refractivity contribution < 1.29 is 18.0 Å². The van der Waals surface area contributed by atoms with E-state index in [1.165, 1.54) is 0 Å². The average Bonchev–Trinajstić information content (AvgIpc) is 3.11. The van der Waals surface area contributed by atoms with Crippen LogP contribution in [0.2, 0.25) is 0 Å². The lowest BCUT2D eigenvalue weighted by Crippen LogP contribution is -2.27. The molecule has 1 amide bonds. The molecule has 1 aromatic heterocycles. The van der Waals surface area contributed by atoms with Crippen molar-refractivity contribution in [3.63, 3.8) is 0 Å². The van der Waals surface area contributed by atoms with Crippen LogP contribution in [0.25, 0.3) is 0 Å². The van der Waals surface area contributed by atoms with Crippen molar-refractivity contribution in [1.82, 2.24) is 10.3 Å². The molecule has 0 unspecified atom stereocenters. The molecule has 0 atom stereocenters. The van der Waals surface area contributed by atoms with Crippen LogP contribution in [-0.2, 0) is 11.0 Å². The fourth-order valence-corrected chi connectivity index (χ4v) is 1.64. The van der Waals surface area contributed by atoms with Crippen LogP contribution in [0.3, 0.4) is 0 Å². The second kappa shape index (κ2) is 5.56. The van der Waals surface area contributed by atoms with Gasteiger partial charge in [0.05, 0.1) is 5.56 Å². The summed E-state index contributed by atoms with van der Waals surface area (Å²) in [6.45, 7) is 0.201. The summed E-state index contributed by atoms with van der Waals surface area (Å²) in [6, 6.07) is 1.91. The van der Waals surface area contributed by atoms with E-state index < -0.39 is 11.7 Å². The fraction of sp³-hybridized carbons (Fsp3) is 0.500. The van der Waals surface area contributed by atoms with E-state index in [9.17, 15) is 18.0 Å². The van der Waals surface area contributed by atoms with Crippen molar-refractivity contribution >= 4 is 17.5 Å². The first-order valence-corrected chi connectivity index (χ1v) is 6.22. The van der Waals surface area contributed by atoms with E-state index >= 15 is 0 Å². The quantitative estimate of drug-likeness (QED) is 0.771. The number of rotatable bonds is 5. The van der Waals surface area contributed by atoms with Gasteiger partial charge in [-0.2, -0.15) is 13.2 Å². The Morgan fingerprint density at radius 2 is 2.10 bits per heavy atom. The second-order valence-corrected chi connectivity index (χ2v) is 4.68. The molecule has 0 spiro atoms. The first-order valence-electron chi connectivity index (χ1n) is 6.22. The zero-order valence-corrected chi connectivity index (χ0v) is 10.6. The maximum Gasteiger partial charge on any atom is 0.416 e. The SMILES string of the molecule is Nc1cc(C(F)(F)F)cc(NCCC(=O)NC2CC2)n1. The molecule has 0 radical (unpaired) electrons. The Hall–Kier alpha value is -1.99. The van der Waals surface area contributed by atoms with Crippen LogP contribution in [0.5, 0.6) is 0 Å². The van der Waals surface area contributed by atoms with Gasteiger partial charge in [-0.3, -0.25) is 4.79 Å². The maximum absolute atomic E-state index is 12.6. The first kappa shape index (κ1) is 14.4. The van der Waals surface area contributed by atoms with Crippen LogP contribution >= 0.6 is 0 Å². The number of nitrogen functional groups attached to an aromatic ring is 1. The first-order chi connectivity index (χ1) is 9.34. The molecule has 110 valence electrons. The van der Waals surface area contributed by atoms with Crippen molar-refractivity contribution in [2.45, 2.75) is 31.5 Å². The Kier molecular flexibility index (Phi) is 4.01. The Morgan fingerprint density at radius 3 is 2.70 bits per heavy atom. The zero-order chi connectivity index (χ0) is 14.8. The average molecular weight is 288 g/mol. The molecule has 0 aromatic carbocycles. The normalized spacial score (nSPS) is 14.9. The minimum atomic E-state index is -4.48. The van der Waals surface area contributed by atoms with E-state index in [1.807, 2.05) is 0 Å². The van der Waals surface area contributed by atoms with Crippen LogP contribution in [0, 0.1) is 0 Å². The smallest absolute Gasteiger partial charge is 0.384 e. The molecule has 0 aliphatic heterocycles. The number of amides is 1. The molecule has 20 heavy (non-hydrogen) atoms. The predicted octanol–water partition coefficient (Wildman–Crippen LogP) is 1.76. The van der Waals surface area contributed by atoms with Gasteiger partial charge in [0, 0.05) is 19.0 Å². The number of aromatic nitrogens is 1. The van der Waals surface area contributed by atoms with Crippen molar-refractivity contribution in [2.24, 2.45) is 0 Å². The van der Waals surface area contributed by atoms with Crippen LogP contribution < -0.4 is 16.4 Å². The molecular weight excluding hydrogens is 273 g/mol.